The van der Waals surface area contributed by atoms with Gasteiger partial charge >= 0.3 is 0 Å². The molecule has 0 saturated carbocycles. The Morgan fingerprint density at radius 1 is 1.37 bits per heavy atom. The number of carbonyl (C=O) groups excluding carboxylic acids is 1. The minimum atomic E-state index is -0.272. The second-order valence-corrected chi connectivity index (χ2v) is 6.18. The third-order valence-corrected chi connectivity index (χ3v) is 4.37. The third-order valence-electron chi connectivity index (χ3n) is 4.37. The number of nitrogens with two attached hydrogens (primary N) is 1. The first-order valence-electron chi connectivity index (χ1n) is 6.99. The molecule has 1 atom stereocenters. The molecule has 1 amide bonds. The lowest BCUT2D eigenvalue weighted by Gasteiger charge is -2.46. The highest BCUT2D eigenvalue weighted by Gasteiger charge is 2.39. The van der Waals surface area contributed by atoms with E-state index in [2.05, 4.69) is 13.8 Å². The van der Waals surface area contributed by atoms with E-state index in [0.29, 0.717) is 0 Å². The molecule has 104 valence electrons. The number of likely N-dealkylation sites (tertiary alicyclic amines) is 1. The first-order valence-corrected chi connectivity index (χ1v) is 6.99. The van der Waals surface area contributed by atoms with E-state index in [0.717, 1.165) is 36.1 Å². The standard InChI is InChI=1S/C16H24N2O/c1-11-7-8-12(2)13(10-11)15(19)18-9-5-6-14(17)16(18,3)4/h7-8,10,14H,5-6,9,17H2,1-4H3. The lowest BCUT2D eigenvalue weighted by molar-refractivity contribution is 0.0362. The Bertz CT molecular complexity index is 494. The molecule has 3 nitrogen and oxygen atoms in total. The average Bonchev–Trinajstić information content (AvgIpc) is 2.35. The van der Waals surface area contributed by atoms with E-state index in [9.17, 15) is 4.79 Å². The molecule has 1 saturated heterocycles. The fraction of sp³-hybridized carbons (Fsp3) is 0.562. The zero-order valence-corrected chi connectivity index (χ0v) is 12.4. The number of nitrogens with zero attached hydrogens (tertiary/aromatic N) is 1. The molecule has 2 N–H and O–H groups in total. The van der Waals surface area contributed by atoms with Crippen LogP contribution < -0.4 is 5.73 Å². The van der Waals surface area contributed by atoms with Crippen molar-refractivity contribution in [1.82, 2.24) is 4.90 Å². The molecule has 0 aliphatic carbocycles. The SMILES string of the molecule is Cc1ccc(C)c(C(=O)N2CCCC(N)C2(C)C)c1. The maximum Gasteiger partial charge on any atom is 0.254 e. The predicted molar refractivity (Wildman–Crippen MR) is 78.2 cm³/mol. The van der Waals surface area contributed by atoms with Crippen molar-refractivity contribution in [2.45, 2.75) is 52.1 Å². The molecule has 2 rings (SSSR count). The van der Waals surface area contributed by atoms with Crippen molar-refractivity contribution in [3.63, 3.8) is 0 Å². The van der Waals surface area contributed by atoms with Gasteiger partial charge in [-0.15, -0.1) is 0 Å². The van der Waals surface area contributed by atoms with Crippen LogP contribution in [0.3, 0.4) is 0 Å². The Labute approximate surface area is 115 Å². The lowest BCUT2D eigenvalue weighted by atomic mass is 9.85. The summed E-state index contributed by atoms with van der Waals surface area (Å²) in [5.41, 5.74) is 8.88. The zero-order chi connectivity index (χ0) is 14.2. The van der Waals surface area contributed by atoms with Crippen LogP contribution in [-0.4, -0.2) is 28.9 Å². The number of piperidine rings is 1. The van der Waals surface area contributed by atoms with Gasteiger partial charge in [-0.2, -0.15) is 0 Å². The van der Waals surface area contributed by atoms with Crippen molar-refractivity contribution in [2.24, 2.45) is 5.73 Å². The number of amides is 1. The normalized spacial score (nSPS) is 22.4. The molecule has 1 aromatic carbocycles. The number of aryl methyl sites for hydroxylation is 2. The van der Waals surface area contributed by atoms with E-state index in [1.807, 2.05) is 36.9 Å². The van der Waals surface area contributed by atoms with Crippen molar-refractivity contribution >= 4 is 5.91 Å². The van der Waals surface area contributed by atoms with Crippen LogP contribution in [0.15, 0.2) is 18.2 Å². The summed E-state index contributed by atoms with van der Waals surface area (Å²) in [6.45, 7) is 8.94. The molecule has 0 radical (unpaired) electrons. The molecule has 0 spiro atoms. The second-order valence-electron chi connectivity index (χ2n) is 6.18. The van der Waals surface area contributed by atoms with Gasteiger partial charge in [-0.25, -0.2) is 0 Å². The molecule has 0 bridgehead atoms. The monoisotopic (exact) mass is 260 g/mol. The first-order chi connectivity index (χ1) is 8.84. The maximum absolute atomic E-state index is 12.8. The van der Waals surface area contributed by atoms with Crippen LogP contribution in [-0.2, 0) is 0 Å². The minimum absolute atomic E-state index is 0.0512. The largest absolute Gasteiger partial charge is 0.332 e. The average molecular weight is 260 g/mol. The van der Waals surface area contributed by atoms with Crippen LogP contribution in [0.4, 0.5) is 0 Å². The molecule has 0 aromatic heterocycles. The van der Waals surface area contributed by atoms with Gasteiger partial charge in [-0.05, 0) is 52.2 Å². The Balaban J connectivity index is 2.35. The Hall–Kier alpha value is -1.35. The number of benzene rings is 1. The van der Waals surface area contributed by atoms with Crippen LogP contribution in [0.2, 0.25) is 0 Å². The maximum atomic E-state index is 12.8. The topological polar surface area (TPSA) is 46.3 Å². The fourth-order valence-electron chi connectivity index (χ4n) is 2.79. The van der Waals surface area contributed by atoms with Crippen molar-refractivity contribution in [3.05, 3.63) is 34.9 Å². The molecular weight excluding hydrogens is 236 g/mol. The van der Waals surface area contributed by atoms with Gasteiger partial charge in [-0.1, -0.05) is 17.7 Å². The second kappa shape index (κ2) is 4.97. The van der Waals surface area contributed by atoms with Crippen LogP contribution >= 0.6 is 0 Å². The van der Waals surface area contributed by atoms with E-state index in [1.165, 1.54) is 0 Å². The summed E-state index contributed by atoms with van der Waals surface area (Å²) in [6.07, 6.45) is 1.98. The molecule has 1 aromatic rings. The highest BCUT2D eigenvalue weighted by Crippen LogP contribution is 2.29. The van der Waals surface area contributed by atoms with Crippen LogP contribution in [0.5, 0.6) is 0 Å². The number of hydrogen-bond acceptors (Lipinski definition) is 2. The zero-order valence-electron chi connectivity index (χ0n) is 12.4. The van der Waals surface area contributed by atoms with Crippen molar-refractivity contribution < 1.29 is 4.79 Å². The van der Waals surface area contributed by atoms with Gasteiger partial charge in [0.05, 0.1) is 5.54 Å². The summed E-state index contributed by atoms with van der Waals surface area (Å²) in [7, 11) is 0. The summed E-state index contributed by atoms with van der Waals surface area (Å²) >= 11 is 0. The van der Waals surface area contributed by atoms with Gasteiger partial charge in [0.15, 0.2) is 0 Å². The molecule has 1 heterocycles. The Morgan fingerprint density at radius 2 is 2.05 bits per heavy atom. The van der Waals surface area contributed by atoms with Gasteiger partial charge in [-0.3, -0.25) is 4.79 Å². The molecule has 3 heteroatoms. The highest BCUT2D eigenvalue weighted by atomic mass is 16.2. The van der Waals surface area contributed by atoms with E-state index >= 15 is 0 Å². The number of carbonyl (C=O) groups is 1. The van der Waals surface area contributed by atoms with E-state index < -0.39 is 0 Å². The van der Waals surface area contributed by atoms with Gasteiger partial charge in [0, 0.05) is 18.2 Å². The van der Waals surface area contributed by atoms with E-state index in [-0.39, 0.29) is 17.5 Å². The van der Waals surface area contributed by atoms with Crippen molar-refractivity contribution in [3.8, 4) is 0 Å². The quantitative estimate of drug-likeness (QED) is 0.843. The molecule has 1 fully saturated rings. The summed E-state index contributed by atoms with van der Waals surface area (Å²) in [4.78, 5) is 14.8. The van der Waals surface area contributed by atoms with Crippen molar-refractivity contribution in [1.29, 1.82) is 0 Å². The fourth-order valence-corrected chi connectivity index (χ4v) is 2.79. The Kier molecular flexibility index (Phi) is 3.68. The van der Waals surface area contributed by atoms with Gasteiger partial charge in [0.25, 0.3) is 5.91 Å². The lowest BCUT2D eigenvalue weighted by Crippen LogP contribution is -2.61. The summed E-state index contributed by atoms with van der Waals surface area (Å²) in [5, 5.41) is 0. The van der Waals surface area contributed by atoms with Crippen molar-refractivity contribution in [2.75, 3.05) is 6.54 Å². The Morgan fingerprint density at radius 3 is 2.74 bits per heavy atom. The number of hydrogen-bond donors (Lipinski definition) is 1. The molecule has 1 aliphatic heterocycles. The molecule has 1 aliphatic rings. The summed E-state index contributed by atoms with van der Waals surface area (Å²) in [5.74, 6) is 0.112. The molecule has 19 heavy (non-hydrogen) atoms. The highest BCUT2D eigenvalue weighted by molar-refractivity contribution is 5.96. The molecule has 1 unspecified atom stereocenters. The predicted octanol–water partition coefficient (Wildman–Crippen LogP) is 2.65. The van der Waals surface area contributed by atoms with Gasteiger partial charge in [0.1, 0.15) is 0 Å². The van der Waals surface area contributed by atoms with Crippen LogP contribution in [0.1, 0.15) is 48.2 Å². The summed E-state index contributed by atoms with van der Waals surface area (Å²) in [6, 6.07) is 6.09. The third kappa shape index (κ3) is 2.52. The van der Waals surface area contributed by atoms with E-state index in [4.69, 9.17) is 5.73 Å². The minimum Gasteiger partial charge on any atom is -0.332 e. The first kappa shape index (κ1) is 14.1. The van der Waals surface area contributed by atoms with E-state index in [1.54, 1.807) is 0 Å². The van der Waals surface area contributed by atoms with Gasteiger partial charge in [0.2, 0.25) is 0 Å². The van der Waals surface area contributed by atoms with Crippen LogP contribution in [0, 0.1) is 13.8 Å². The van der Waals surface area contributed by atoms with Gasteiger partial charge < -0.3 is 10.6 Å². The number of rotatable bonds is 1. The summed E-state index contributed by atoms with van der Waals surface area (Å²) < 4.78 is 0. The smallest absolute Gasteiger partial charge is 0.254 e. The molecular formula is C16H24N2O. The van der Waals surface area contributed by atoms with Crippen LogP contribution in [0.25, 0.3) is 0 Å².